The van der Waals surface area contributed by atoms with Gasteiger partial charge in [-0.15, -0.1) is 0 Å². The van der Waals surface area contributed by atoms with Crippen LogP contribution in [-0.4, -0.2) is 18.4 Å². The topological polar surface area (TPSA) is 84.0 Å². The average molecular weight is 513 g/mol. The third-order valence-corrected chi connectivity index (χ3v) is 7.53. The summed E-state index contributed by atoms with van der Waals surface area (Å²) in [7, 11) is -3.83. The van der Waals surface area contributed by atoms with Gasteiger partial charge in [-0.3, -0.25) is 4.72 Å². The minimum atomic E-state index is -3.83. The van der Waals surface area contributed by atoms with E-state index in [-0.39, 0.29) is 22.6 Å². The Morgan fingerprint density at radius 3 is 2.32 bits per heavy atom. The Labute approximate surface area is 215 Å². The maximum atomic E-state index is 13.6. The molecular formula is C29H25FN4O2S. The van der Waals surface area contributed by atoms with Gasteiger partial charge in [0.05, 0.1) is 10.9 Å². The molecule has 4 aromatic carbocycles. The highest BCUT2D eigenvalue weighted by Gasteiger charge is 2.16. The predicted octanol–water partition coefficient (Wildman–Crippen LogP) is 6.72. The van der Waals surface area contributed by atoms with Gasteiger partial charge in [0.2, 0.25) is 5.95 Å². The number of nitrogens with zero attached hydrogens (tertiary/aromatic N) is 2. The van der Waals surface area contributed by atoms with Crippen LogP contribution in [0.15, 0.2) is 102 Å². The zero-order valence-electron chi connectivity index (χ0n) is 20.3. The summed E-state index contributed by atoms with van der Waals surface area (Å²) in [6.45, 7) is 3.71. The first-order valence-electron chi connectivity index (χ1n) is 11.8. The summed E-state index contributed by atoms with van der Waals surface area (Å²) in [5, 5.41) is 5.02. The zero-order valence-corrected chi connectivity index (χ0v) is 21.1. The number of fused-ring (bicyclic) bond motifs is 1. The maximum Gasteiger partial charge on any atom is 0.263 e. The van der Waals surface area contributed by atoms with E-state index in [1.165, 1.54) is 18.3 Å². The summed E-state index contributed by atoms with van der Waals surface area (Å²) in [4.78, 5) is 8.74. The number of benzene rings is 4. The molecule has 5 rings (SSSR count). The van der Waals surface area contributed by atoms with E-state index in [4.69, 9.17) is 0 Å². The molecule has 1 atom stereocenters. The lowest BCUT2D eigenvalue weighted by atomic mass is 10.00. The van der Waals surface area contributed by atoms with Crippen LogP contribution in [0.1, 0.15) is 24.1 Å². The van der Waals surface area contributed by atoms with Crippen LogP contribution < -0.4 is 10.0 Å². The SMILES string of the molecule is Cc1cc(-c2ccc([C@H](C)Nc3nccc(NS(=O)(=O)c4ccc5ccccc5c4)n3)cc2)ccc1F. The molecule has 0 fully saturated rings. The lowest BCUT2D eigenvalue weighted by molar-refractivity contribution is 0.601. The molecule has 2 N–H and O–H groups in total. The van der Waals surface area contributed by atoms with Crippen molar-refractivity contribution in [1.82, 2.24) is 9.97 Å². The van der Waals surface area contributed by atoms with Crippen LogP contribution in [-0.2, 0) is 10.0 Å². The Balaban J connectivity index is 1.29. The number of sulfonamides is 1. The molecule has 1 aromatic heterocycles. The highest BCUT2D eigenvalue weighted by Crippen LogP contribution is 2.26. The smallest absolute Gasteiger partial charge is 0.263 e. The van der Waals surface area contributed by atoms with Gasteiger partial charge in [-0.25, -0.2) is 17.8 Å². The number of nitrogens with one attached hydrogen (secondary N) is 2. The second kappa shape index (κ2) is 9.99. The van der Waals surface area contributed by atoms with E-state index in [2.05, 4.69) is 20.0 Å². The Morgan fingerprint density at radius 1 is 0.838 bits per heavy atom. The van der Waals surface area contributed by atoms with Crippen molar-refractivity contribution in [2.24, 2.45) is 0 Å². The lowest BCUT2D eigenvalue weighted by Crippen LogP contribution is -2.15. The van der Waals surface area contributed by atoms with E-state index in [9.17, 15) is 12.8 Å². The molecular weight excluding hydrogens is 487 g/mol. The van der Waals surface area contributed by atoms with E-state index in [1.807, 2.05) is 61.5 Å². The minimum Gasteiger partial charge on any atom is -0.348 e. The Morgan fingerprint density at radius 2 is 1.57 bits per heavy atom. The molecule has 0 amide bonds. The normalized spacial score (nSPS) is 12.3. The molecule has 5 aromatic rings. The van der Waals surface area contributed by atoms with Crippen LogP contribution >= 0.6 is 0 Å². The van der Waals surface area contributed by atoms with Crippen molar-refractivity contribution in [1.29, 1.82) is 0 Å². The first-order chi connectivity index (χ1) is 17.8. The van der Waals surface area contributed by atoms with Gasteiger partial charge in [-0.05, 0) is 77.2 Å². The quantitative estimate of drug-likeness (QED) is 0.253. The van der Waals surface area contributed by atoms with Crippen LogP contribution in [0.25, 0.3) is 21.9 Å². The Bertz CT molecular complexity index is 1690. The van der Waals surface area contributed by atoms with Crippen LogP contribution in [0, 0.1) is 12.7 Å². The number of hydrogen-bond acceptors (Lipinski definition) is 5. The summed E-state index contributed by atoms with van der Waals surface area (Å²) in [6.07, 6.45) is 1.50. The summed E-state index contributed by atoms with van der Waals surface area (Å²) >= 11 is 0. The first-order valence-corrected chi connectivity index (χ1v) is 13.2. The van der Waals surface area contributed by atoms with Crippen molar-refractivity contribution < 1.29 is 12.8 Å². The number of hydrogen-bond donors (Lipinski definition) is 2. The standard InChI is InChI=1S/C29H25FN4O2S/c1-19-17-25(12-14-27(19)30)23-9-7-21(8-10-23)20(2)32-29-31-16-15-28(33-29)34-37(35,36)26-13-11-22-5-3-4-6-24(22)18-26/h3-18,20H,1-2H3,(H2,31,32,33,34)/t20-/m0/s1. The fourth-order valence-corrected chi connectivity index (χ4v) is 5.12. The molecule has 8 heteroatoms. The molecule has 1 heterocycles. The lowest BCUT2D eigenvalue weighted by Gasteiger charge is -2.16. The molecule has 0 radical (unpaired) electrons. The van der Waals surface area contributed by atoms with E-state index < -0.39 is 10.0 Å². The highest BCUT2D eigenvalue weighted by atomic mass is 32.2. The number of halogens is 1. The predicted molar refractivity (Wildman–Crippen MR) is 145 cm³/mol. The fraction of sp³-hybridized carbons (Fsp3) is 0.103. The monoisotopic (exact) mass is 512 g/mol. The molecule has 0 aliphatic rings. The second-order valence-electron chi connectivity index (χ2n) is 8.83. The van der Waals surface area contributed by atoms with Gasteiger partial charge in [-0.1, -0.05) is 60.7 Å². The number of aromatic nitrogens is 2. The molecule has 0 saturated heterocycles. The van der Waals surface area contributed by atoms with Crippen LogP contribution in [0.3, 0.4) is 0 Å². The number of rotatable bonds is 7. The molecule has 37 heavy (non-hydrogen) atoms. The van der Waals surface area contributed by atoms with E-state index in [1.54, 1.807) is 31.2 Å². The van der Waals surface area contributed by atoms with Crippen molar-refractivity contribution in [2.45, 2.75) is 24.8 Å². The third-order valence-electron chi connectivity index (χ3n) is 6.17. The van der Waals surface area contributed by atoms with Gasteiger partial charge in [0.15, 0.2) is 0 Å². The van der Waals surface area contributed by atoms with Crippen LogP contribution in [0.5, 0.6) is 0 Å². The van der Waals surface area contributed by atoms with E-state index in [0.29, 0.717) is 11.5 Å². The van der Waals surface area contributed by atoms with Crippen LogP contribution in [0.4, 0.5) is 16.2 Å². The van der Waals surface area contributed by atoms with Gasteiger partial charge in [0.1, 0.15) is 11.6 Å². The molecule has 0 spiro atoms. The van der Waals surface area contributed by atoms with Crippen molar-refractivity contribution in [3.63, 3.8) is 0 Å². The average Bonchev–Trinajstić information content (AvgIpc) is 2.90. The van der Waals surface area contributed by atoms with Gasteiger partial charge >= 0.3 is 0 Å². The summed E-state index contributed by atoms with van der Waals surface area (Å²) < 4.78 is 42.1. The largest absolute Gasteiger partial charge is 0.348 e. The fourth-order valence-electron chi connectivity index (χ4n) is 4.08. The van der Waals surface area contributed by atoms with Crippen molar-refractivity contribution in [3.8, 4) is 11.1 Å². The second-order valence-corrected chi connectivity index (χ2v) is 10.5. The van der Waals surface area contributed by atoms with E-state index >= 15 is 0 Å². The van der Waals surface area contributed by atoms with Gasteiger partial charge in [-0.2, -0.15) is 4.98 Å². The molecule has 6 nitrogen and oxygen atoms in total. The van der Waals surface area contributed by atoms with Crippen LogP contribution in [0.2, 0.25) is 0 Å². The molecule has 0 saturated carbocycles. The van der Waals surface area contributed by atoms with E-state index in [0.717, 1.165) is 27.5 Å². The molecule has 186 valence electrons. The highest BCUT2D eigenvalue weighted by molar-refractivity contribution is 7.92. The molecule has 0 unspecified atom stereocenters. The molecule has 0 bridgehead atoms. The Kier molecular flexibility index (Phi) is 6.58. The van der Waals surface area contributed by atoms with Gasteiger partial charge < -0.3 is 5.32 Å². The van der Waals surface area contributed by atoms with Gasteiger partial charge in [0, 0.05) is 6.20 Å². The summed E-state index contributed by atoms with van der Waals surface area (Å²) in [5.41, 5.74) is 3.53. The maximum absolute atomic E-state index is 13.6. The summed E-state index contributed by atoms with van der Waals surface area (Å²) in [6, 6.07) is 26.9. The zero-order chi connectivity index (χ0) is 26.0. The third kappa shape index (κ3) is 5.44. The van der Waals surface area contributed by atoms with Crippen molar-refractivity contribution in [3.05, 3.63) is 114 Å². The first kappa shape index (κ1) is 24.4. The van der Waals surface area contributed by atoms with Crippen molar-refractivity contribution >= 4 is 32.6 Å². The summed E-state index contributed by atoms with van der Waals surface area (Å²) in [5.74, 6) is 0.240. The number of anilines is 2. The minimum absolute atomic E-state index is 0.142. The number of aryl methyl sites for hydroxylation is 1. The molecule has 0 aliphatic heterocycles. The Hall–Kier alpha value is -4.30. The van der Waals surface area contributed by atoms with Crippen molar-refractivity contribution in [2.75, 3.05) is 10.0 Å². The molecule has 0 aliphatic carbocycles. The van der Waals surface area contributed by atoms with Gasteiger partial charge in [0.25, 0.3) is 10.0 Å².